The molecule has 0 atom stereocenters. The zero-order chi connectivity index (χ0) is 29.1. The van der Waals surface area contributed by atoms with Crippen LogP contribution in [0, 0.1) is 0 Å². The van der Waals surface area contributed by atoms with E-state index in [0.717, 1.165) is 24.8 Å². The van der Waals surface area contributed by atoms with Crippen molar-refractivity contribution >= 4 is 31.1 Å². The normalized spacial score (nSPS) is 9.57. The van der Waals surface area contributed by atoms with Crippen LogP contribution >= 0.6 is 13.0 Å². The molecule has 0 unspecified atom stereocenters. The molecule has 0 heterocycles. The van der Waals surface area contributed by atoms with E-state index in [1.807, 2.05) is 98.7 Å². The van der Waals surface area contributed by atoms with E-state index in [1.54, 1.807) is 4.90 Å². The first kappa shape index (κ1) is 39.0. The van der Waals surface area contributed by atoms with Crippen LogP contribution in [0.5, 0.6) is 0 Å². The first-order valence-corrected chi connectivity index (χ1v) is 13.4. The van der Waals surface area contributed by atoms with Crippen LogP contribution < -0.4 is 10.6 Å². The number of alkyl carbamates (subject to hydrolysis) is 1. The van der Waals surface area contributed by atoms with Crippen LogP contribution in [0.4, 0.5) is 13.5 Å². The Balaban J connectivity index is -0.00000179. The summed E-state index contributed by atoms with van der Waals surface area (Å²) in [4.78, 5) is 37.2. The number of rotatable bonds is 12. The smallest absolute Gasteiger partial charge is 0.410 e. The molecule has 216 valence electrons. The van der Waals surface area contributed by atoms with Crippen LogP contribution in [0.2, 0.25) is 0 Å². The summed E-state index contributed by atoms with van der Waals surface area (Å²) in [7, 11) is 0. The van der Waals surface area contributed by atoms with Gasteiger partial charge in [-0.2, -0.15) is 3.89 Å². The number of hydrogen-bond donors (Lipinski definition) is 3. The number of likely N-dealkylation sites (N-methyl/N-ethyl adjacent to an activating group) is 1. The summed E-state index contributed by atoms with van der Waals surface area (Å²) in [5.41, 5.74) is 0.426. The summed E-state index contributed by atoms with van der Waals surface area (Å²) in [6.45, 7) is 17.4. The van der Waals surface area contributed by atoms with E-state index >= 15 is 0 Å². The number of thiol groups is 1. The van der Waals surface area contributed by atoms with Gasteiger partial charge in [-0.15, -0.1) is 0 Å². The average Bonchev–Trinajstić information content (AvgIpc) is 2.90. The van der Waals surface area contributed by atoms with Gasteiger partial charge in [-0.25, -0.2) is 9.59 Å². The highest BCUT2D eigenvalue weighted by Crippen LogP contribution is 2.07. The molecule has 0 spiro atoms. The first-order valence-electron chi connectivity index (χ1n) is 13.1. The highest BCUT2D eigenvalue weighted by atomic mass is 32.1. The van der Waals surface area contributed by atoms with Gasteiger partial charge in [0.1, 0.15) is 12.2 Å². The number of carbonyl (C=O) groups excluding carboxylic acids is 3. The molecule has 0 aromatic heterocycles. The van der Waals surface area contributed by atoms with Gasteiger partial charge < -0.3 is 25.0 Å². The van der Waals surface area contributed by atoms with Gasteiger partial charge in [-0.1, -0.05) is 64.4 Å². The molecule has 0 aliphatic carbocycles. The molecule has 8 nitrogen and oxygen atoms in total. The van der Waals surface area contributed by atoms with Gasteiger partial charge in [-0.05, 0) is 46.1 Å². The quantitative estimate of drug-likeness (QED) is 0.200. The van der Waals surface area contributed by atoms with Gasteiger partial charge in [0.15, 0.2) is 0 Å². The van der Waals surface area contributed by atoms with E-state index in [2.05, 4.69) is 10.6 Å². The Labute approximate surface area is 229 Å². The van der Waals surface area contributed by atoms with Crippen molar-refractivity contribution in [1.29, 1.82) is 0 Å². The molecule has 1 rings (SSSR count). The Morgan fingerprint density at radius 2 is 1.51 bits per heavy atom. The minimum atomic E-state index is -0.506. The molecule has 0 saturated carbocycles. The lowest BCUT2D eigenvalue weighted by Crippen LogP contribution is -2.38. The van der Waals surface area contributed by atoms with Crippen molar-refractivity contribution in [3.63, 3.8) is 0 Å². The number of nitrogens with one attached hydrogen (secondary N) is 2. The molecule has 0 aliphatic heterocycles. The Kier molecular flexibility index (Phi) is 28.0. The predicted octanol–water partition coefficient (Wildman–Crippen LogP) is 6.70. The third-order valence-electron chi connectivity index (χ3n) is 4.30. The fraction of sp³-hybridized carbons (Fsp3) is 0.667. The number of halogens is 1. The monoisotopic (exact) mass is 547 g/mol. The van der Waals surface area contributed by atoms with Crippen molar-refractivity contribution in [1.82, 2.24) is 15.5 Å². The molecule has 3 amide bonds. The first-order chi connectivity index (χ1) is 17.7. The van der Waals surface area contributed by atoms with Gasteiger partial charge in [-0.3, -0.25) is 4.79 Å². The fourth-order valence-corrected chi connectivity index (χ4v) is 2.70. The van der Waals surface area contributed by atoms with Crippen LogP contribution in [0.25, 0.3) is 0 Å². The number of nitrogens with zero attached hydrogens (tertiary/aromatic N) is 1. The van der Waals surface area contributed by atoms with Crippen LogP contribution in [0.1, 0.15) is 86.6 Å². The molecular weight excluding hydrogens is 497 g/mol. The van der Waals surface area contributed by atoms with Crippen LogP contribution in [-0.2, 0) is 20.9 Å². The maximum absolute atomic E-state index is 12.2. The maximum Gasteiger partial charge on any atom is 0.410 e. The van der Waals surface area contributed by atoms with E-state index in [9.17, 15) is 18.3 Å². The number of benzene rings is 1. The third kappa shape index (κ3) is 25.0. The zero-order valence-electron chi connectivity index (χ0n) is 24.1. The second-order valence-corrected chi connectivity index (χ2v) is 8.21. The topological polar surface area (TPSA) is 97.0 Å². The molecule has 2 N–H and O–H groups in total. The summed E-state index contributed by atoms with van der Waals surface area (Å²) in [5, 5.41) is 5.53. The average molecular weight is 548 g/mol. The van der Waals surface area contributed by atoms with Crippen molar-refractivity contribution in [2.24, 2.45) is 0 Å². The van der Waals surface area contributed by atoms with E-state index in [0.29, 0.717) is 32.6 Å². The molecule has 1 aromatic rings. The van der Waals surface area contributed by atoms with Crippen LogP contribution in [0.3, 0.4) is 0 Å². The van der Waals surface area contributed by atoms with Gasteiger partial charge in [0, 0.05) is 45.6 Å². The molecule has 10 heteroatoms. The van der Waals surface area contributed by atoms with Crippen molar-refractivity contribution in [2.45, 2.75) is 93.3 Å². The fourth-order valence-electron chi connectivity index (χ4n) is 2.70. The van der Waals surface area contributed by atoms with Crippen molar-refractivity contribution in [3.05, 3.63) is 35.9 Å². The van der Waals surface area contributed by atoms with E-state index in [-0.39, 0.29) is 12.5 Å². The number of amides is 3. The van der Waals surface area contributed by atoms with E-state index in [4.69, 9.17) is 9.47 Å². The second kappa shape index (κ2) is 26.6. The minimum Gasteiger partial charge on any atom is -0.445 e. The van der Waals surface area contributed by atoms with Crippen molar-refractivity contribution in [2.75, 3.05) is 26.2 Å². The van der Waals surface area contributed by atoms with Crippen LogP contribution in [0.15, 0.2) is 30.3 Å². The zero-order valence-corrected chi connectivity index (χ0v) is 25.0. The Bertz CT molecular complexity index is 688. The molecule has 0 radical (unpaired) electrons. The number of hydrogen-bond acceptors (Lipinski definition) is 6. The second-order valence-electron chi connectivity index (χ2n) is 8.21. The van der Waals surface area contributed by atoms with Crippen molar-refractivity contribution in [3.8, 4) is 0 Å². The highest BCUT2D eigenvalue weighted by Gasteiger charge is 2.15. The lowest BCUT2D eigenvalue weighted by molar-refractivity contribution is -0.121. The molecular formula is C27H50FN3O5S. The standard InChI is InChI=1S/C23H37N3O5.2C2H6.FHS/c1-5-26(22(29)30-18-19-12-8-6-9-13-19)17-16-24-20(27)14-10-7-11-15-25-21(28)31-23(2,3)4;3*1-2/h6,8-9,12-13H,5,7,10-11,14-18H2,1-4H3,(H,24,27)(H,25,28);2*1-2H3;2H. The molecule has 37 heavy (non-hydrogen) atoms. The molecule has 0 bridgehead atoms. The lowest BCUT2D eigenvalue weighted by atomic mass is 10.2. The van der Waals surface area contributed by atoms with Crippen molar-refractivity contribution < 1.29 is 27.7 Å². The van der Waals surface area contributed by atoms with Crippen LogP contribution in [-0.4, -0.2) is 54.8 Å². The van der Waals surface area contributed by atoms with Gasteiger partial charge in [0.25, 0.3) is 0 Å². The third-order valence-corrected chi connectivity index (χ3v) is 4.30. The molecule has 0 fully saturated rings. The number of carbonyl (C=O) groups is 3. The van der Waals surface area contributed by atoms with Gasteiger partial charge >= 0.3 is 12.2 Å². The summed E-state index contributed by atoms with van der Waals surface area (Å²) < 4.78 is 19.7. The molecule has 1 aromatic carbocycles. The Morgan fingerprint density at radius 1 is 0.919 bits per heavy atom. The van der Waals surface area contributed by atoms with Gasteiger partial charge in [0.2, 0.25) is 5.91 Å². The highest BCUT2D eigenvalue weighted by molar-refractivity contribution is 7.74. The Morgan fingerprint density at radius 3 is 2.05 bits per heavy atom. The largest absolute Gasteiger partial charge is 0.445 e. The predicted molar refractivity (Wildman–Crippen MR) is 152 cm³/mol. The summed E-state index contributed by atoms with van der Waals surface area (Å²) >= 11 is 2.03. The Hall–Kier alpha value is -2.49. The maximum atomic E-state index is 12.2. The number of ether oxygens (including phenoxy) is 2. The lowest BCUT2D eigenvalue weighted by Gasteiger charge is -2.20. The number of unbranched alkanes of at least 4 members (excludes halogenated alkanes) is 2. The molecule has 0 saturated heterocycles. The summed E-state index contributed by atoms with van der Waals surface area (Å²) in [6, 6.07) is 9.50. The van der Waals surface area contributed by atoms with Gasteiger partial charge in [0.05, 0.1) is 0 Å². The SMILES string of the molecule is CC.CC.CCN(CCNC(=O)CCCCCNC(=O)OC(C)(C)C)C(=O)OCc1ccccc1.FS. The molecule has 0 aliphatic rings. The summed E-state index contributed by atoms with van der Waals surface area (Å²) in [5.74, 6) is -0.0474. The summed E-state index contributed by atoms with van der Waals surface area (Å²) in [6.07, 6.45) is 1.95. The van der Waals surface area contributed by atoms with E-state index < -0.39 is 17.8 Å². The minimum absolute atomic E-state index is 0.0474. The van der Waals surface area contributed by atoms with E-state index in [1.165, 1.54) is 0 Å².